The van der Waals surface area contributed by atoms with Gasteiger partial charge in [-0.05, 0) is 105 Å². The first kappa shape index (κ1) is 36.3. The minimum atomic E-state index is 0. The molecule has 3 aromatic rings. The second-order valence-corrected chi connectivity index (χ2v) is 13.7. The van der Waals surface area contributed by atoms with Crippen molar-refractivity contribution >= 4 is 104 Å². The molecule has 1 unspecified atom stereocenters. The average molecular weight is 609 g/mol. The third-order valence-corrected chi connectivity index (χ3v) is 11.3. The lowest BCUT2D eigenvalue weighted by Gasteiger charge is -2.07. The molecule has 3 rings (SSSR count). The summed E-state index contributed by atoms with van der Waals surface area (Å²) in [6.07, 6.45) is 2.88. The molecule has 0 spiro atoms. The first-order valence-corrected chi connectivity index (χ1v) is 15.7. The average Bonchev–Trinajstić information content (AvgIpc) is 3.32. The van der Waals surface area contributed by atoms with Gasteiger partial charge in [0.15, 0.2) is 26.6 Å². The van der Waals surface area contributed by atoms with E-state index in [1.165, 1.54) is 62.0 Å². The molecule has 3 aromatic heterocycles. The first-order chi connectivity index (χ1) is 13.7. The summed E-state index contributed by atoms with van der Waals surface area (Å²) in [6.45, 7) is 9.47. The van der Waals surface area contributed by atoms with E-state index in [4.69, 9.17) is 41.0 Å². The lowest BCUT2D eigenvalue weighted by Crippen LogP contribution is -2.17. The summed E-state index contributed by atoms with van der Waals surface area (Å²) >= 11 is 14.7. The van der Waals surface area contributed by atoms with Crippen LogP contribution in [0.5, 0.6) is 0 Å². The van der Waals surface area contributed by atoms with Gasteiger partial charge in [-0.3, -0.25) is 20.0 Å². The molecule has 0 aliphatic rings. The van der Waals surface area contributed by atoms with Gasteiger partial charge in [-0.25, -0.2) is 0 Å². The molecular weight excluding hydrogens is 577 g/mol. The Morgan fingerprint density at radius 1 is 0.969 bits per heavy atom. The van der Waals surface area contributed by atoms with E-state index >= 15 is 0 Å². The molecule has 184 valence electrons. The highest BCUT2D eigenvalue weighted by Crippen LogP contribution is 2.14. The molecule has 3 heterocycles. The number of nitrogens with two attached hydrogens (primary N) is 1. The zero-order chi connectivity index (χ0) is 22.0. The van der Waals surface area contributed by atoms with Crippen molar-refractivity contribution in [2.75, 3.05) is 5.73 Å². The van der Waals surface area contributed by atoms with Crippen LogP contribution >= 0.6 is 98.7 Å². The van der Waals surface area contributed by atoms with Crippen LogP contribution < -0.4 is 15.3 Å². The van der Waals surface area contributed by atoms with Gasteiger partial charge in [0.1, 0.15) is 0 Å². The standard InChI is InChI=1S/C7H12N2S3.C5H6N2S3.C2H2N2S3.3CH4/c1-3-5(2)4-9-6(8)11-12-7(9)10;1-2-3-7-4(6)9-10-5(7)8;3-1-4-2(5)7-6-1;;;/h5,8H,3-4H2,1-2H3;2,6H,1,3H2;(H2,3,4,5);3*1H4. The van der Waals surface area contributed by atoms with Crippen molar-refractivity contribution < 1.29 is 0 Å². The molecule has 6 nitrogen and oxygen atoms in total. The van der Waals surface area contributed by atoms with Crippen LogP contribution in [-0.4, -0.2) is 14.1 Å². The van der Waals surface area contributed by atoms with Crippen LogP contribution in [-0.2, 0) is 13.1 Å². The third kappa shape index (κ3) is 12.8. The Balaban J connectivity index is -0.000000387. The maximum Gasteiger partial charge on any atom is 0.193 e. The number of nitrogens with one attached hydrogen (secondary N) is 2. The quantitative estimate of drug-likeness (QED) is 0.154. The van der Waals surface area contributed by atoms with E-state index in [1.54, 1.807) is 10.6 Å². The van der Waals surface area contributed by atoms with E-state index in [0.29, 0.717) is 31.2 Å². The van der Waals surface area contributed by atoms with Gasteiger partial charge in [0.25, 0.3) is 0 Å². The molecule has 0 aromatic carbocycles. The van der Waals surface area contributed by atoms with Crippen LogP contribution in [0.2, 0.25) is 0 Å². The number of rotatable bonds is 5. The maximum absolute atomic E-state index is 7.59. The second kappa shape index (κ2) is 19.1. The van der Waals surface area contributed by atoms with Crippen molar-refractivity contribution in [1.29, 1.82) is 10.8 Å². The smallest absolute Gasteiger partial charge is 0.193 e. The van der Waals surface area contributed by atoms with Crippen LogP contribution in [0.3, 0.4) is 0 Å². The Kier molecular flexibility index (Phi) is 21.7. The van der Waals surface area contributed by atoms with Gasteiger partial charge in [-0.1, -0.05) is 48.6 Å². The predicted molar refractivity (Wildman–Crippen MR) is 159 cm³/mol. The van der Waals surface area contributed by atoms with Crippen LogP contribution in [0.25, 0.3) is 0 Å². The number of allylic oxidation sites excluding steroid dienone is 1. The van der Waals surface area contributed by atoms with Gasteiger partial charge in [-0.2, -0.15) is 4.98 Å². The highest BCUT2D eigenvalue weighted by Gasteiger charge is 2.03. The summed E-state index contributed by atoms with van der Waals surface area (Å²) in [6, 6.07) is 0. The molecule has 0 fully saturated rings. The fourth-order valence-corrected chi connectivity index (χ4v) is 7.70. The van der Waals surface area contributed by atoms with Crippen LogP contribution in [0, 0.1) is 28.6 Å². The van der Waals surface area contributed by atoms with Gasteiger partial charge in [0.2, 0.25) is 0 Å². The fraction of sp³-hybridized carbons (Fsp3) is 0.529. The Morgan fingerprint density at radius 3 is 1.75 bits per heavy atom. The molecule has 1 atom stereocenters. The van der Waals surface area contributed by atoms with Gasteiger partial charge < -0.3 is 5.73 Å². The predicted octanol–water partition coefficient (Wildman–Crippen LogP) is 8.30. The van der Waals surface area contributed by atoms with Crippen LogP contribution in [0.1, 0.15) is 42.5 Å². The van der Waals surface area contributed by atoms with Crippen molar-refractivity contribution in [2.24, 2.45) is 5.92 Å². The van der Waals surface area contributed by atoms with Crippen molar-refractivity contribution in [3.05, 3.63) is 34.1 Å². The minimum Gasteiger partial charge on any atom is -0.374 e. The number of nitrogens with zero attached hydrogens (tertiary/aromatic N) is 3. The minimum absolute atomic E-state index is 0. The third-order valence-electron chi connectivity index (χ3n) is 3.22. The van der Waals surface area contributed by atoms with Crippen LogP contribution in [0.4, 0.5) is 5.13 Å². The van der Waals surface area contributed by atoms with Crippen molar-refractivity contribution in [1.82, 2.24) is 14.1 Å². The molecule has 0 saturated carbocycles. The lowest BCUT2D eigenvalue weighted by atomic mass is 10.1. The Hall–Kier alpha value is -0.260. The summed E-state index contributed by atoms with van der Waals surface area (Å²) in [7, 11) is 8.64. The Bertz CT molecular complexity index is 1110. The normalized spacial score (nSPS) is 9.94. The Morgan fingerprint density at radius 2 is 1.47 bits per heavy atom. The van der Waals surface area contributed by atoms with Gasteiger partial charge in [0.05, 0.1) is 0 Å². The summed E-state index contributed by atoms with van der Waals surface area (Å²) in [5.74, 6) is 0.614. The Labute approximate surface area is 228 Å². The summed E-state index contributed by atoms with van der Waals surface area (Å²) in [5, 5.41) is 15.5. The number of aromatic nitrogens is 3. The van der Waals surface area contributed by atoms with Gasteiger partial charge in [-0.15, -0.1) is 6.58 Å². The molecule has 4 N–H and O–H groups in total. The molecule has 32 heavy (non-hydrogen) atoms. The molecule has 0 radical (unpaired) electrons. The van der Waals surface area contributed by atoms with E-state index in [0.717, 1.165) is 20.9 Å². The van der Waals surface area contributed by atoms with Crippen LogP contribution in [0.15, 0.2) is 12.7 Å². The van der Waals surface area contributed by atoms with E-state index in [1.807, 2.05) is 4.57 Å². The van der Waals surface area contributed by atoms with Gasteiger partial charge >= 0.3 is 0 Å². The summed E-state index contributed by atoms with van der Waals surface area (Å²) < 4.78 is 5.89. The highest BCUT2D eigenvalue weighted by molar-refractivity contribution is 7.80. The monoisotopic (exact) mass is 608 g/mol. The zero-order valence-electron chi connectivity index (χ0n) is 15.6. The number of nitrogen functional groups attached to an aromatic ring is 1. The van der Waals surface area contributed by atoms with Crippen molar-refractivity contribution in [3.63, 3.8) is 0 Å². The number of hydrogen-bond donors (Lipinski definition) is 3. The summed E-state index contributed by atoms with van der Waals surface area (Å²) in [5.41, 5.74) is 5.23. The van der Waals surface area contributed by atoms with E-state index in [2.05, 4.69) is 37.6 Å². The molecule has 0 aliphatic heterocycles. The molecule has 0 saturated heterocycles. The molecule has 0 amide bonds. The SMILES string of the molecule is C.C.C.C=CCn1c(=N)ssc1=S.CCC(C)Cn1c(=N)ssc1=S.Nc1nc(=S)ss1. The molecule has 0 bridgehead atoms. The number of hydrogen-bond acceptors (Lipinski definition) is 13. The lowest BCUT2D eigenvalue weighted by molar-refractivity contribution is 0.459. The fourth-order valence-electron chi connectivity index (χ4n) is 1.59. The topological polar surface area (TPSA) is 96.5 Å². The van der Waals surface area contributed by atoms with E-state index < -0.39 is 0 Å². The second-order valence-electron chi connectivity index (χ2n) is 5.38. The first-order valence-electron chi connectivity index (χ1n) is 8.02. The molecular formula is C17H32N6S9. The zero-order valence-corrected chi connectivity index (χ0v) is 22.9. The largest absolute Gasteiger partial charge is 0.374 e. The van der Waals surface area contributed by atoms with E-state index in [9.17, 15) is 0 Å². The molecule has 0 aliphatic carbocycles. The van der Waals surface area contributed by atoms with Crippen molar-refractivity contribution in [2.45, 2.75) is 55.6 Å². The maximum atomic E-state index is 7.59. The van der Waals surface area contributed by atoms with Gasteiger partial charge in [0, 0.05) is 13.1 Å². The van der Waals surface area contributed by atoms with Crippen molar-refractivity contribution in [3.8, 4) is 0 Å². The molecule has 15 heteroatoms. The van der Waals surface area contributed by atoms with E-state index in [-0.39, 0.29) is 22.3 Å². The summed E-state index contributed by atoms with van der Waals surface area (Å²) in [4.78, 5) is 4.84. The number of anilines is 1. The highest BCUT2D eigenvalue weighted by atomic mass is 32.9.